The molecule has 1 fully saturated rings. The van der Waals surface area contributed by atoms with Crippen LogP contribution in [0.15, 0.2) is 18.2 Å². The molecule has 0 heterocycles. The first-order valence-electron chi connectivity index (χ1n) is 5.84. The van der Waals surface area contributed by atoms with E-state index in [-0.39, 0.29) is 17.6 Å². The fourth-order valence-corrected chi connectivity index (χ4v) is 2.19. The van der Waals surface area contributed by atoms with Gasteiger partial charge >= 0.3 is 0 Å². The smallest absolute Gasteiger partial charge is 0.125 e. The number of aliphatic hydroxyl groups excluding tert-OH is 1. The average molecular weight is 220 g/mol. The first kappa shape index (κ1) is 11.5. The van der Waals surface area contributed by atoms with Crippen LogP contribution < -0.4 is 4.74 Å². The van der Waals surface area contributed by atoms with E-state index in [2.05, 4.69) is 39.8 Å². The Morgan fingerprint density at radius 2 is 1.81 bits per heavy atom. The second-order valence-electron chi connectivity index (χ2n) is 5.40. The largest absolute Gasteiger partial charge is 0.489 e. The molecule has 1 aromatic carbocycles. The maximum atomic E-state index is 9.68. The second-order valence-corrected chi connectivity index (χ2v) is 5.40. The van der Waals surface area contributed by atoms with Gasteiger partial charge in [0.1, 0.15) is 11.9 Å². The first-order valence-corrected chi connectivity index (χ1v) is 5.84. The summed E-state index contributed by atoms with van der Waals surface area (Å²) in [5.74, 6) is 0.979. The molecule has 0 amide bonds. The van der Waals surface area contributed by atoms with E-state index >= 15 is 0 Å². The fourth-order valence-electron chi connectivity index (χ4n) is 2.19. The lowest BCUT2D eigenvalue weighted by Crippen LogP contribution is -2.56. The first-order chi connectivity index (χ1) is 7.43. The van der Waals surface area contributed by atoms with Crippen molar-refractivity contribution in [3.63, 3.8) is 0 Å². The highest BCUT2D eigenvalue weighted by Gasteiger charge is 2.49. The van der Waals surface area contributed by atoms with Gasteiger partial charge in [0, 0.05) is 11.8 Å². The van der Waals surface area contributed by atoms with Crippen molar-refractivity contribution in [1.82, 2.24) is 0 Å². The second kappa shape index (κ2) is 3.77. The van der Waals surface area contributed by atoms with E-state index in [1.54, 1.807) is 0 Å². The van der Waals surface area contributed by atoms with Crippen LogP contribution in [-0.2, 0) is 0 Å². The number of para-hydroxylation sites is 1. The summed E-state index contributed by atoms with van der Waals surface area (Å²) < 4.78 is 6.04. The molecule has 0 bridgehead atoms. The van der Waals surface area contributed by atoms with Crippen molar-refractivity contribution < 1.29 is 9.84 Å². The summed E-state index contributed by atoms with van der Waals surface area (Å²) in [5, 5.41) is 9.68. The van der Waals surface area contributed by atoms with E-state index in [4.69, 9.17) is 4.74 Å². The van der Waals surface area contributed by atoms with Gasteiger partial charge < -0.3 is 9.84 Å². The van der Waals surface area contributed by atoms with Crippen molar-refractivity contribution in [1.29, 1.82) is 0 Å². The fraction of sp³-hybridized carbons (Fsp3) is 0.571. The molecule has 0 saturated heterocycles. The number of aryl methyl sites for hydroxylation is 2. The van der Waals surface area contributed by atoms with Gasteiger partial charge in [-0.3, -0.25) is 0 Å². The van der Waals surface area contributed by atoms with E-state index in [1.165, 1.54) is 0 Å². The Morgan fingerprint density at radius 3 is 2.25 bits per heavy atom. The summed E-state index contributed by atoms with van der Waals surface area (Å²) in [7, 11) is 0. The minimum absolute atomic E-state index is 0.127. The van der Waals surface area contributed by atoms with Crippen molar-refractivity contribution in [3.05, 3.63) is 29.3 Å². The Labute approximate surface area is 97.3 Å². The van der Waals surface area contributed by atoms with Crippen molar-refractivity contribution in [3.8, 4) is 5.75 Å². The molecule has 0 aliphatic heterocycles. The number of hydrogen-bond donors (Lipinski definition) is 1. The van der Waals surface area contributed by atoms with E-state index in [0.29, 0.717) is 0 Å². The van der Waals surface area contributed by atoms with Crippen molar-refractivity contribution >= 4 is 0 Å². The minimum atomic E-state index is -0.234. The van der Waals surface area contributed by atoms with Gasteiger partial charge in [0.15, 0.2) is 0 Å². The van der Waals surface area contributed by atoms with Crippen molar-refractivity contribution in [2.45, 2.75) is 46.3 Å². The van der Waals surface area contributed by atoms with Gasteiger partial charge in [-0.25, -0.2) is 0 Å². The summed E-state index contributed by atoms with van der Waals surface area (Å²) in [6.07, 6.45) is 0.630. The van der Waals surface area contributed by atoms with Gasteiger partial charge in [-0.15, -0.1) is 0 Å². The van der Waals surface area contributed by atoms with Crippen molar-refractivity contribution in [2.24, 2.45) is 5.41 Å². The van der Waals surface area contributed by atoms with Gasteiger partial charge in [0.05, 0.1) is 6.10 Å². The number of benzene rings is 1. The quantitative estimate of drug-likeness (QED) is 0.830. The van der Waals surface area contributed by atoms with E-state index in [1.807, 2.05) is 6.07 Å². The highest BCUT2D eigenvalue weighted by Crippen LogP contribution is 2.43. The molecule has 2 heteroatoms. The summed E-state index contributed by atoms with van der Waals surface area (Å²) in [4.78, 5) is 0. The van der Waals surface area contributed by atoms with Crippen LogP contribution in [0.3, 0.4) is 0 Å². The summed E-state index contributed by atoms with van der Waals surface area (Å²) in [6, 6.07) is 6.16. The molecule has 1 aromatic rings. The molecular formula is C14H20O2. The van der Waals surface area contributed by atoms with Crippen LogP contribution in [0.25, 0.3) is 0 Å². The number of rotatable bonds is 2. The Kier molecular flexibility index (Phi) is 2.70. The Hall–Kier alpha value is -1.02. The standard InChI is InChI=1S/C14H20O2/c1-9-6-5-7-10(2)13(9)16-12-8-11(15)14(12,3)4/h5-7,11-12,15H,8H2,1-4H3. The highest BCUT2D eigenvalue weighted by atomic mass is 16.5. The molecule has 88 valence electrons. The Bertz CT molecular complexity index is 375. The lowest BCUT2D eigenvalue weighted by molar-refractivity contribution is -0.134. The normalized spacial score (nSPS) is 27.3. The lowest BCUT2D eigenvalue weighted by atomic mass is 9.66. The van der Waals surface area contributed by atoms with E-state index < -0.39 is 0 Å². The van der Waals surface area contributed by atoms with E-state index in [0.717, 1.165) is 23.3 Å². The zero-order chi connectivity index (χ0) is 11.9. The number of aliphatic hydroxyl groups is 1. The Balaban J connectivity index is 2.17. The van der Waals surface area contributed by atoms with Crippen molar-refractivity contribution in [2.75, 3.05) is 0 Å². The third-order valence-electron chi connectivity index (χ3n) is 3.79. The summed E-state index contributed by atoms with van der Waals surface area (Å²) >= 11 is 0. The van der Waals surface area contributed by atoms with Crippen LogP contribution in [0.1, 0.15) is 31.4 Å². The molecule has 0 spiro atoms. The molecule has 2 unspecified atom stereocenters. The van der Waals surface area contributed by atoms with Gasteiger partial charge in [0.25, 0.3) is 0 Å². The Morgan fingerprint density at radius 1 is 1.25 bits per heavy atom. The highest BCUT2D eigenvalue weighted by molar-refractivity contribution is 5.40. The van der Waals surface area contributed by atoms with Gasteiger partial charge in [-0.2, -0.15) is 0 Å². The number of hydrogen-bond acceptors (Lipinski definition) is 2. The van der Waals surface area contributed by atoms with E-state index in [9.17, 15) is 5.11 Å². The molecule has 1 aliphatic rings. The maximum Gasteiger partial charge on any atom is 0.125 e. The molecule has 0 aromatic heterocycles. The minimum Gasteiger partial charge on any atom is -0.489 e. The van der Waals surface area contributed by atoms with Crippen LogP contribution in [0.2, 0.25) is 0 Å². The van der Waals surface area contributed by atoms with Crippen LogP contribution in [0.4, 0.5) is 0 Å². The molecule has 1 aliphatic carbocycles. The van der Waals surface area contributed by atoms with Gasteiger partial charge in [0.2, 0.25) is 0 Å². The van der Waals surface area contributed by atoms with Crippen LogP contribution in [-0.4, -0.2) is 17.3 Å². The molecular weight excluding hydrogens is 200 g/mol. The molecule has 16 heavy (non-hydrogen) atoms. The molecule has 0 radical (unpaired) electrons. The van der Waals surface area contributed by atoms with Gasteiger partial charge in [-0.1, -0.05) is 32.0 Å². The number of ether oxygens (including phenoxy) is 1. The lowest BCUT2D eigenvalue weighted by Gasteiger charge is -2.48. The zero-order valence-electron chi connectivity index (χ0n) is 10.4. The maximum absolute atomic E-state index is 9.68. The average Bonchev–Trinajstić information content (AvgIpc) is 2.22. The third kappa shape index (κ3) is 1.71. The molecule has 2 rings (SSSR count). The predicted molar refractivity (Wildman–Crippen MR) is 64.7 cm³/mol. The molecule has 1 saturated carbocycles. The van der Waals surface area contributed by atoms with Crippen LogP contribution in [0.5, 0.6) is 5.75 Å². The zero-order valence-corrected chi connectivity index (χ0v) is 10.4. The SMILES string of the molecule is Cc1cccc(C)c1OC1CC(O)C1(C)C. The predicted octanol–water partition coefficient (Wildman–Crippen LogP) is 2.84. The topological polar surface area (TPSA) is 29.5 Å². The molecule has 1 N–H and O–H groups in total. The molecule has 2 atom stereocenters. The summed E-state index contributed by atoms with van der Waals surface area (Å²) in [6.45, 7) is 8.23. The third-order valence-corrected chi connectivity index (χ3v) is 3.79. The van der Waals surface area contributed by atoms with Crippen LogP contribution >= 0.6 is 0 Å². The van der Waals surface area contributed by atoms with Gasteiger partial charge in [-0.05, 0) is 25.0 Å². The summed E-state index contributed by atoms with van der Waals surface area (Å²) in [5.41, 5.74) is 2.20. The van der Waals surface area contributed by atoms with Crippen LogP contribution in [0, 0.1) is 19.3 Å². The monoisotopic (exact) mass is 220 g/mol. The molecule has 2 nitrogen and oxygen atoms in total.